The number of hydrogen-bond acceptors (Lipinski definition) is 4. The Balaban J connectivity index is 4.30. The van der Waals surface area contributed by atoms with Crippen molar-refractivity contribution >= 4 is 12.1 Å². The van der Waals surface area contributed by atoms with E-state index in [0.717, 1.165) is 19.3 Å². The van der Waals surface area contributed by atoms with Crippen LogP contribution in [0.4, 0.5) is 4.79 Å². The zero-order valence-corrected chi connectivity index (χ0v) is 13.9. The summed E-state index contributed by atoms with van der Waals surface area (Å²) in [6.45, 7) is 7.47. The van der Waals surface area contributed by atoms with E-state index in [-0.39, 0.29) is 0 Å². The molecule has 122 valence electrons. The van der Waals surface area contributed by atoms with Gasteiger partial charge < -0.3 is 14.8 Å². The summed E-state index contributed by atoms with van der Waals surface area (Å²) < 4.78 is 9.85. The number of ether oxygens (including phenoxy) is 2. The molecule has 0 aliphatic heterocycles. The number of hydrogen-bond donors (Lipinski definition) is 1. The first-order valence-corrected chi connectivity index (χ1v) is 7.52. The molecule has 0 saturated heterocycles. The first-order chi connectivity index (χ1) is 9.80. The Labute approximate surface area is 128 Å². The van der Waals surface area contributed by atoms with E-state index in [0.29, 0.717) is 12.8 Å². The molecule has 0 aromatic carbocycles. The van der Waals surface area contributed by atoms with Gasteiger partial charge in [0.15, 0.2) is 0 Å². The molecule has 0 aliphatic rings. The monoisotopic (exact) mass is 299 g/mol. The van der Waals surface area contributed by atoms with Crippen molar-refractivity contribution < 1.29 is 19.1 Å². The average Bonchev–Trinajstić information content (AvgIpc) is 2.38. The highest BCUT2D eigenvalue weighted by Gasteiger charge is 2.24. The second kappa shape index (κ2) is 10.2. The Bertz CT molecular complexity index is 345. The summed E-state index contributed by atoms with van der Waals surface area (Å²) >= 11 is 0. The summed E-state index contributed by atoms with van der Waals surface area (Å²) in [6.07, 6.45) is 8.09. The van der Waals surface area contributed by atoms with Crippen molar-refractivity contribution in [3.05, 3.63) is 12.2 Å². The third kappa shape index (κ3) is 10.9. The fraction of sp³-hybridized carbons (Fsp3) is 0.750. The van der Waals surface area contributed by atoms with Gasteiger partial charge in [-0.05, 0) is 40.0 Å². The van der Waals surface area contributed by atoms with Crippen molar-refractivity contribution in [2.75, 3.05) is 7.11 Å². The number of rotatable bonds is 8. The lowest BCUT2D eigenvalue weighted by atomic mass is 10.1. The first kappa shape index (κ1) is 19.5. The Kier molecular flexibility index (Phi) is 9.50. The van der Waals surface area contributed by atoms with Crippen LogP contribution in [0.25, 0.3) is 0 Å². The number of nitrogens with one attached hydrogen (secondary N) is 1. The van der Waals surface area contributed by atoms with Crippen molar-refractivity contribution in [3.63, 3.8) is 0 Å². The van der Waals surface area contributed by atoms with Crippen LogP contribution in [-0.4, -0.2) is 30.8 Å². The lowest BCUT2D eigenvalue weighted by Crippen LogP contribution is -2.43. The summed E-state index contributed by atoms with van der Waals surface area (Å²) in [5.41, 5.74) is -0.592. The Morgan fingerprint density at radius 3 is 2.33 bits per heavy atom. The topological polar surface area (TPSA) is 64.6 Å². The fourth-order valence-corrected chi connectivity index (χ4v) is 1.66. The minimum absolute atomic E-state index is 0.456. The quantitative estimate of drug-likeness (QED) is 0.423. The highest BCUT2D eigenvalue weighted by molar-refractivity contribution is 5.81. The number of allylic oxidation sites excluding steroid dienone is 2. The van der Waals surface area contributed by atoms with E-state index in [4.69, 9.17) is 9.47 Å². The molecule has 0 spiro atoms. The molecule has 0 bridgehead atoms. The summed E-state index contributed by atoms with van der Waals surface area (Å²) in [4.78, 5) is 23.4. The third-order valence-electron chi connectivity index (χ3n) is 2.69. The molecular formula is C16H29NO4. The van der Waals surface area contributed by atoms with Crippen LogP contribution in [0.15, 0.2) is 12.2 Å². The van der Waals surface area contributed by atoms with Crippen LogP contribution in [0.5, 0.6) is 0 Å². The third-order valence-corrected chi connectivity index (χ3v) is 2.69. The molecule has 1 amide bonds. The lowest BCUT2D eigenvalue weighted by molar-refractivity contribution is -0.143. The lowest BCUT2D eigenvalue weighted by Gasteiger charge is -2.22. The van der Waals surface area contributed by atoms with Crippen LogP contribution < -0.4 is 5.32 Å². The van der Waals surface area contributed by atoms with Crippen molar-refractivity contribution in [1.29, 1.82) is 0 Å². The molecule has 5 nitrogen and oxygen atoms in total. The van der Waals surface area contributed by atoms with Crippen LogP contribution in [0.1, 0.15) is 59.8 Å². The Hall–Kier alpha value is -1.52. The van der Waals surface area contributed by atoms with E-state index in [1.807, 2.05) is 6.08 Å². The van der Waals surface area contributed by atoms with E-state index >= 15 is 0 Å². The second-order valence-corrected chi connectivity index (χ2v) is 5.91. The van der Waals surface area contributed by atoms with Crippen LogP contribution in [0.2, 0.25) is 0 Å². The fourth-order valence-electron chi connectivity index (χ4n) is 1.66. The van der Waals surface area contributed by atoms with Gasteiger partial charge in [-0.15, -0.1) is 0 Å². The van der Waals surface area contributed by atoms with Crippen molar-refractivity contribution in [3.8, 4) is 0 Å². The summed E-state index contributed by atoms with van der Waals surface area (Å²) in [5.74, 6) is -0.456. The molecular weight excluding hydrogens is 270 g/mol. The minimum atomic E-state index is -0.680. The maximum absolute atomic E-state index is 11.7. The van der Waals surface area contributed by atoms with E-state index in [1.54, 1.807) is 20.8 Å². The van der Waals surface area contributed by atoms with Crippen LogP contribution in [0, 0.1) is 0 Å². The molecule has 0 aromatic heterocycles. The Morgan fingerprint density at radius 1 is 1.19 bits per heavy atom. The van der Waals surface area contributed by atoms with Gasteiger partial charge in [0, 0.05) is 0 Å². The molecule has 5 heteroatoms. The van der Waals surface area contributed by atoms with E-state index < -0.39 is 23.7 Å². The highest BCUT2D eigenvalue weighted by atomic mass is 16.6. The van der Waals surface area contributed by atoms with Crippen molar-refractivity contribution in [2.24, 2.45) is 0 Å². The maximum Gasteiger partial charge on any atom is 0.408 e. The molecule has 0 heterocycles. The molecule has 1 atom stereocenters. The van der Waals surface area contributed by atoms with Crippen LogP contribution in [0.3, 0.4) is 0 Å². The zero-order chi connectivity index (χ0) is 16.3. The van der Waals surface area contributed by atoms with Gasteiger partial charge in [0.1, 0.15) is 11.6 Å². The molecule has 0 aliphatic carbocycles. The molecule has 0 aromatic rings. The zero-order valence-electron chi connectivity index (χ0n) is 13.9. The number of esters is 1. The van der Waals surface area contributed by atoms with Crippen molar-refractivity contribution in [2.45, 2.75) is 71.4 Å². The minimum Gasteiger partial charge on any atom is -0.467 e. The standard InChI is InChI=1S/C16H29NO4/c1-6-7-8-9-10-11-12-13(14(18)20-5)17-15(19)21-16(2,3)4/h9-10,13H,6-8,11-12H2,1-5H3,(H,17,19)/b10-9+. The largest absolute Gasteiger partial charge is 0.467 e. The van der Waals surface area contributed by atoms with Gasteiger partial charge >= 0.3 is 12.1 Å². The van der Waals surface area contributed by atoms with Crippen LogP contribution in [-0.2, 0) is 14.3 Å². The highest BCUT2D eigenvalue weighted by Crippen LogP contribution is 2.08. The van der Waals surface area contributed by atoms with Gasteiger partial charge in [-0.2, -0.15) is 0 Å². The van der Waals surface area contributed by atoms with E-state index in [1.165, 1.54) is 7.11 Å². The first-order valence-electron chi connectivity index (χ1n) is 7.52. The normalized spacial score (nSPS) is 13.0. The number of alkyl carbamates (subject to hydrolysis) is 1. The summed E-state index contributed by atoms with van der Waals surface area (Å²) in [5, 5.41) is 2.56. The number of unbranched alkanes of at least 4 members (excludes halogenated alkanes) is 2. The molecule has 0 saturated carbocycles. The predicted octanol–water partition coefficient (Wildman–Crippen LogP) is 3.58. The predicted molar refractivity (Wildman–Crippen MR) is 83.1 cm³/mol. The molecule has 0 radical (unpaired) electrons. The van der Waals surface area contributed by atoms with Gasteiger partial charge in [-0.25, -0.2) is 9.59 Å². The molecule has 1 unspecified atom stereocenters. The smallest absolute Gasteiger partial charge is 0.408 e. The van der Waals surface area contributed by atoms with Gasteiger partial charge in [0.05, 0.1) is 7.11 Å². The van der Waals surface area contributed by atoms with Crippen LogP contribution >= 0.6 is 0 Å². The molecule has 0 fully saturated rings. The van der Waals surface area contributed by atoms with Gasteiger partial charge in [0.2, 0.25) is 0 Å². The second-order valence-electron chi connectivity index (χ2n) is 5.91. The molecule has 1 N–H and O–H groups in total. The van der Waals surface area contributed by atoms with E-state index in [2.05, 4.69) is 18.3 Å². The van der Waals surface area contributed by atoms with Gasteiger partial charge in [-0.3, -0.25) is 0 Å². The van der Waals surface area contributed by atoms with Crippen molar-refractivity contribution in [1.82, 2.24) is 5.32 Å². The van der Waals surface area contributed by atoms with Gasteiger partial charge in [0.25, 0.3) is 0 Å². The maximum atomic E-state index is 11.7. The molecule has 21 heavy (non-hydrogen) atoms. The summed E-state index contributed by atoms with van der Waals surface area (Å²) in [7, 11) is 1.31. The van der Waals surface area contributed by atoms with E-state index in [9.17, 15) is 9.59 Å². The van der Waals surface area contributed by atoms with Gasteiger partial charge in [-0.1, -0.05) is 31.9 Å². The number of carbonyl (C=O) groups excluding carboxylic acids is 2. The Morgan fingerprint density at radius 2 is 1.81 bits per heavy atom. The number of carbonyl (C=O) groups is 2. The molecule has 0 rings (SSSR count). The number of amides is 1. The average molecular weight is 299 g/mol. The summed E-state index contributed by atoms with van der Waals surface area (Å²) in [6, 6.07) is -0.680. The SMILES string of the molecule is CCCC/C=C/CCC(NC(=O)OC(C)(C)C)C(=O)OC. The number of methoxy groups -OCH3 is 1.